The molecule has 0 spiro atoms. The van der Waals surface area contributed by atoms with Crippen molar-refractivity contribution in [3.63, 3.8) is 0 Å². The van der Waals surface area contributed by atoms with Crippen molar-refractivity contribution in [2.24, 2.45) is 23.7 Å². The minimum absolute atomic E-state index is 0.651. The Labute approximate surface area is 143 Å². The van der Waals surface area contributed by atoms with E-state index >= 15 is 0 Å². The Morgan fingerprint density at radius 3 is 1.83 bits per heavy atom. The van der Waals surface area contributed by atoms with Gasteiger partial charge in [0.05, 0.1) is 6.07 Å². The third-order valence-corrected chi connectivity index (χ3v) is 6.02. The molecular weight excluding hydrogens is 278 g/mol. The van der Waals surface area contributed by atoms with Crippen molar-refractivity contribution in [1.82, 2.24) is 0 Å². The van der Waals surface area contributed by atoms with Crippen molar-refractivity contribution in [3.8, 4) is 6.07 Å². The third kappa shape index (κ3) is 6.94. The van der Waals surface area contributed by atoms with Crippen LogP contribution in [0.4, 0.5) is 0 Å². The van der Waals surface area contributed by atoms with Crippen LogP contribution in [0.1, 0.15) is 84.0 Å². The van der Waals surface area contributed by atoms with Crippen LogP contribution in [0.3, 0.4) is 0 Å². The van der Waals surface area contributed by atoms with Crippen molar-refractivity contribution in [2.45, 2.75) is 84.0 Å². The van der Waals surface area contributed by atoms with E-state index in [9.17, 15) is 0 Å². The van der Waals surface area contributed by atoms with E-state index in [4.69, 9.17) is 5.26 Å². The lowest BCUT2D eigenvalue weighted by molar-refractivity contribution is 0.287. The Bertz CT molecular complexity index is 398. The smallest absolute Gasteiger partial charge is 0.0908 e. The van der Waals surface area contributed by atoms with Crippen LogP contribution in [-0.4, -0.2) is 0 Å². The largest absolute Gasteiger partial charge is 0.193 e. The van der Waals surface area contributed by atoms with Crippen LogP contribution in [0.2, 0.25) is 0 Å². The normalized spacial score (nSPS) is 32.3. The molecule has 128 valence electrons. The lowest BCUT2D eigenvalue weighted by atomic mass is 9.78. The highest BCUT2D eigenvalue weighted by Gasteiger charge is 2.21. The van der Waals surface area contributed by atoms with E-state index in [1.165, 1.54) is 77.0 Å². The van der Waals surface area contributed by atoms with Gasteiger partial charge in [0.2, 0.25) is 0 Å². The molecule has 0 unspecified atom stereocenters. The Hall–Kier alpha value is -1.03. The second kappa shape index (κ2) is 10.7. The van der Waals surface area contributed by atoms with E-state index in [1.807, 2.05) is 0 Å². The molecule has 0 heterocycles. The highest BCUT2D eigenvalue weighted by Crippen LogP contribution is 2.34. The molecule has 0 aliphatic heterocycles. The number of nitrogens with zero attached hydrogens (tertiary/aromatic N) is 1. The Morgan fingerprint density at radius 2 is 1.30 bits per heavy atom. The van der Waals surface area contributed by atoms with E-state index in [-0.39, 0.29) is 0 Å². The summed E-state index contributed by atoms with van der Waals surface area (Å²) in [5, 5.41) is 8.61. The van der Waals surface area contributed by atoms with Gasteiger partial charge in [0.1, 0.15) is 0 Å². The van der Waals surface area contributed by atoms with Crippen molar-refractivity contribution >= 4 is 0 Å². The SMILES string of the molecule is CCCCCC1CCC(/C=C/C2CCC(C=CC#N)CC2)CC1. The highest BCUT2D eigenvalue weighted by atomic mass is 14.3. The van der Waals surface area contributed by atoms with Gasteiger partial charge in [-0.1, -0.05) is 50.8 Å². The molecule has 0 atom stereocenters. The summed E-state index contributed by atoms with van der Waals surface area (Å²) in [5.74, 6) is 3.32. The molecule has 0 radical (unpaired) electrons. The predicted molar refractivity (Wildman–Crippen MR) is 98.9 cm³/mol. The minimum Gasteiger partial charge on any atom is -0.193 e. The maximum Gasteiger partial charge on any atom is 0.0908 e. The fraction of sp³-hybridized carbons (Fsp3) is 0.773. The zero-order chi connectivity index (χ0) is 16.3. The zero-order valence-electron chi connectivity index (χ0n) is 15.1. The van der Waals surface area contributed by atoms with Crippen LogP contribution in [-0.2, 0) is 0 Å². The van der Waals surface area contributed by atoms with Gasteiger partial charge in [0, 0.05) is 6.08 Å². The Balaban J connectivity index is 1.62. The maximum atomic E-state index is 8.61. The first kappa shape index (κ1) is 18.3. The summed E-state index contributed by atoms with van der Waals surface area (Å²) >= 11 is 0. The number of nitriles is 1. The fourth-order valence-electron chi connectivity index (χ4n) is 4.38. The molecule has 0 bridgehead atoms. The lowest BCUT2D eigenvalue weighted by Gasteiger charge is -2.28. The molecule has 0 saturated heterocycles. The number of hydrogen-bond donors (Lipinski definition) is 0. The quantitative estimate of drug-likeness (QED) is 0.287. The molecule has 2 rings (SSSR count). The molecular formula is C22H35N. The molecule has 2 aliphatic carbocycles. The minimum atomic E-state index is 0.651. The summed E-state index contributed by atoms with van der Waals surface area (Å²) in [6.45, 7) is 2.30. The summed E-state index contributed by atoms with van der Waals surface area (Å²) in [5.41, 5.74) is 0. The molecule has 0 aromatic heterocycles. The average molecular weight is 314 g/mol. The van der Waals surface area contributed by atoms with Gasteiger partial charge in [-0.25, -0.2) is 0 Å². The third-order valence-electron chi connectivity index (χ3n) is 6.02. The zero-order valence-corrected chi connectivity index (χ0v) is 15.1. The van der Waals surface area contributed by atoms with Gasteiger partial charge >= 0.3 is 0 Å². The summed E-state index contributed by atoms with van der Waals surface area (Å²) in [7, 11) is 0. The summed E-state index contributed by atoms with van der Waals surface area (Å²) in [6, 6.07) is 2.12. The number of hydrogen-bond acceptors (Lipinski definition) is 1. The van der Waals surface area contributed by atoms with Crippen LogP contribution >= 0.6 is 0 Å². The van der Waals surface area contributed by atoms with Gasteiger partial charge in [-0.3, -0.25) is 0 Å². The predicted octanol–water partition coefficient (Wildman–Crippen LogP) is 6.82. The molecule has 2 saturated carbocycles. The lowest BCUT2D eigenvalue weighted by Crippen LogP contribution is -2.14. The van der Waals surface area contributed by atoms with Crippen molar-refractivity contribution in [2.75, 3.05) is 0 Å². The van der Waals surface area contributed by atoms with E-state index in [1.54, 1.807) is 6.08 Å². The van der Waals surface area contributed by atoms with Gasteiger partial charge in [-0.05, 0) is 75.0 Å². The standard InChI is InChI=1S/C22H35N/c1-2-3-4-6-19-8-12-21(13-9-19)16-17-22-14-10-20(11-15-22)7-5-18-23/h5,7,16-17,19-22H,2-4,6,8-15H2,1H3/b7-5?,17-16+. The number of allylic oxidation sites excluding steroid dienone is 4. The molecule has 0 N–H and O–H groups in total. The van der Waals surface area contributed by atoms with Gasteiger partial charge in [-0.15, -0.1) is 0 Å². The van der Waals surface area contributed by atoms with Crippen molar-refractivity contribution < 1.29 is 0 Å². The molecule has 1 heteroatoms. The summed E-state index contributed by atoms with van der Waals surface area (Å²) < 4.78 is 0. The van der Waals surface area contributed by atoms with Crippen LogP contribution < -0.4 is 0 Å². The number of unbranched alkanes of at least 4 members (excludes halogenated alkanes) is 2. The molecule has 2 aliphatic rings. The monoisotopic (exact) mass is 313 g/mol. The van der Waals surface area contributed by atoms with Crippen molar-refractivity contribution in [1.29, 1.82) is 5.26 Å². The van der Waals surface area contributed by atoms with E-state index in [0.29, 0.717) is 5.92 Å². The maximum absolute atomic E-state index is 8.61. The second-order valence-corrected chi connectivity index (χ2v) is 7.82. The first-order valence-electron chi connectivity index (χ1n) is 10.1. The molecule has 0 aromatic carbocycles. The van der Waals surface area contributed by atoms with Crippen LogP contribution in [0.15, 0.2) is 24.3 Å². The number of rotatable bonds is 7. The summed E-state index contributed by atoms with van der Waals surface area (Å²) in [6.07, 6.45) is 25.5. The summed E-state index contributed by atoms with van der Waals surface area (Å²) in [4.78, 5) is 0. The van der Waals surface area contributed by atoms with Crippen LogP contribution in [0, 0.1) is 35.0 Å². The average Bonchev–Trinajstić information content (AvgIpc) is 2.60. The fourth-order valence-corrected chi connectivity index (χ4v) is 4.38. The molecule has 2 fully saturated rings. The van der Waals surface area contributed by atoms with E-state index < -0.39 is 0 Å². The van der Waals surface area contributed by atoms with E-state index in [0.717, 1.165) is 17.8 Å². The van der Waals surface area contributed by atoms with Gasteiger partial charge < -0.3 is 0 Å². The Kier molecular flexibility index (Phi) is 8.51. The van der Waals surface area contributed by atoms with Gasteiger partial charge in [0.15, 0.2) is 0 Å². The topological polar surface area (TPSA) is 23.8 Å². The van der Waals surface area contributed by atoms with Crippen molar-refractivity contribution in [3.05, 3.63) is 24.3 Å². The second-order valence-electron chi connectivity index (χ2n) is 7.82. The highest BCUT2D eigenvalue weighted by molar-refractivity contribution is 5.05. The molecule has 0 amide bonds. The molecule has 1 nitrogen and oxygen atoms in total. The first-order chi connectivity index (χ1) is 11.3. The van der Waals surface area contributed by atoms with E-state index in [2.05, 4.69) is 31.2 Å². The van der Waals surface area contributed by atoms with Crippen LogP contribution in [0.25, 0.3) is 0 Å². The molecule has 23 heavy (non-hydrogen) atoms. The van der Waals surface area contributed by atoms with Gasteiger partial charge in [0.25, 0.3) is 0 Å². The van der Waals surface area contributed by atoms with Gasteiger partial charge in [-0.2, -0.15) is 5.26 Å². The van der Waals surface area contributed by atoms with Crippen LogP contribution in [0.5, 0.6) is 0 Å². The Morgan fingerprint density at radius 1 is 0.783 bits per heavy atom. The molecule has 0 aromatic rings. The first-order valence-corrected chi connectivity index (χ1v) is 10.1.